The van der Waals surface area contributed by atoms with Crippen LogP contribution in [0.3, 0.4) is 0 Å². The second kappa shape index (κ2) is 6.13. The fourth-order valence-electron chi connectivity index (χ4n) is 2.35. The smallest absolute Gasteiger partial charge is 0.166 e. The lowest BCUT2D eigenvalue weighted by Gasteiger charge is -2.09. The number of nitriles is 1. The Bertz CT molecular complexity index is 977. The minimum Gasteiger partial charge on any atom is -0.244 e. The molecule has 2 aromatic carbocycles. The van der Waals surface area contributed by atoms with E-state index in [9.17, 15) is 17.6 Å². The summed E-state index contributed by atoms with van der Waals surface area (Å²) in [5.41, 5.74) is -0.289. The van der Waals surface area contributed by atoms with Crippen LogP contribution in [0.4, 0.5) is 17.6 Å². The zero-order valence-corrected chi connectivity index (χ0v) is 12.0. The normalized spacial score (nSPS) is 10.5. The number of hydrogen-bond donors (Lipinski definition) is 0. The fourth-order valence-corrected chi connectivity index (χ4v) is 2.35. The number of rotatable bonds is 2. The van der Waals surface area contributed by atoms with E-state index in [1.54, 1.807) is 6.07 Å². The average molecular weight is 328 g/mol. The summed E-state index contributed by atoms with van der Waals surface area (Å²) in [6, 6.07) is 10.2. The van der Waals surface area contributed by atoms with Crippen molar-refractivity contribution in [1.29, 1.82) is 5.26 Å². The van der Waals surface area contributed by atoms with Gasteiger partial charge >= 0.3 is 0 Å². The summed E-state index contributed by atoms with van der Waals surface area (Å²) >= 11 is 0. The summed E-state index contributed by atoms with van der Waals surface area (Å²) in [6.45, 7) is 0. The summed E-state index contributed by atoms with van der Waals surface area (Å²) in [5, 5.41) is 9.14. The third-order valence-corrected chi connectivity index (χ3v) is 3.50. The first-order valence-corrected chi connectivity index (χ1v) is 6.82. The molecule has 0 spiro atoms. The van der Waals surface area contributed by atoms with E-state index in [1.165, 1.54) is 36.5 Å². The second-order valence-corrected chi connectivity index (χ2v) is 4.93. The van der Waals surface area contributed by atoms with E-state index >= 15 is 0 Å². The standard InChI is InChI=1S/C18H8F4N2/c19-14-5-1-3-11(17(14)21)10-7-13(16(8-23)24-9-10)12-4-2-6-15(20)18(12)22/h1-7,9H. The molecule has 0 bridgehead atoms. The largest absolute Gasteiger partial charge is 0.244 e. The van der Waals surface area contributed by atoms with Crippen molar-refractivity contribution >= 4 is 0 Å². The van der Waals surface area contributed by atoms with Gasteiger partial charge in [-0.05, 0) is 18.2 Å². The van der Waals surface area contributed by atoms with Crippen molar-refractivity contribution in [2.24, 2.45) is 0 Å². The van der Waals surface area contributed by atoms with E-state index in [0.29, 0.717) is 0 Å². The molecule has 0 fully saturated rings. The van der Waals surface area contributed by atoms with Crippen LogP contribution in [-0.2, 0) is 0 Å². The lowest BCUT2D eigenvalue weighted by Crippen LogP contribution is -1.96. The average Bonchev–Trinajstić information content (AvgIpc) is 2.59. The number of benzene rings is 2. The van der Waals surface area contributed by atoms with Crippen LogP contribution < -0.4 is 0 Å². The van der Waals surface area contributed by atoms with Gasteiger partial charge in [-0.15, -0.1) is 0 Å². The maximum absolute atomic E-state index is 14.0. The fraction of sp³-hybridized carbons (Fsp3) is 0. The highest BCUT2D eigenvalue weighted by Crippen LogP contribution is 2.32. The summed E-state index contributed by atoms with van der Waals surface area (Å²) in [5.74, 6) is -4.36. The van der Waals surface area contributed by atoms with Gasteiger partial charge in [0.1, 0.15) is 11.8 Å². The van der Waals surface area contributed by atoms with Gasteiger partial charge in [-0.1, -0.05) is 24.3 Å². The van der Waals surface area contributed by atoms with Gasteiger partial charge in [0.25, 0.3) is 0 Å². The molecule has 1 aromatic heterocycles. The Kier molecular flexibility index (Phi) is 4.00. The van der Waals surface area contributed by atoms with Gasteiger partial charge in [-0.3, -0.25) is 0 Å². The first-order chi connectivity index (χ1) is 11.5. The Labute approximate surface area is 134 Å². The Morgan fingerprint density at radius 1 is 0.792 bits per heavy atom. The van der Waals surface area contributed by atoms with Gasteiger partial charge in [0.05, 0.1) is 0 Å². The van der Waals surface area contributed by atoms with E-state index < -0.39 is 23.3 Å². The minimum absolute atomic E-state index is 0.00402. The van der Waals surface area contributed by atoms with Gasteiger partial charge in [-0.25, -0.2) is 22.5 Å². The molecule has 0 radical (unpaired) electrons. The lowest BCUT2D eigenvalue weighted by molar-refractivity contribution is 0.511. The Morgan fingerprint density at radius 2 is 1.38 bits per heavy atom. The van der Waals surface area contributed by atoms with Crippen molar-refractivity contribution in [3.8, 4) is 28.3 Å². The van der Waals surface area contributed by atoms with E-state index in [4.69, 9.17) is 5.26 Å². The molecule has 2 nitrogen and oxygen atoms in total. The molecule has 3 aromatic rings. The number of hydrogen-bond acceptors (Lipinski definition) is 2. The number of pyridine rings is 1. The predicted molar refractivity (Wildman–Crippen MR) is 79.7 cm³/mol. The summed E-state index contributed by atoms with van der Waals surface area (Å²) < 4.78 is 54.8. The van der Waals surface area contributed by atoms with Crippen LogP contribution in [-0.4, -0.2) is 4.98 Å². The van der Waals surface area contributed by atoms with Gasteiger partial charge in [-0.2, -0.15) is 5.26 Å². The zero-order valence-electron chi connectivity index (χ0n) is 12.0. The van der Waals surface area contributed by atoms with Crippen molar-refractivity contribution in [3.63, 3.8) is 0 Å². The summed E-state index contributed by atoms with van der Waals surface area (Å²) in [7, 11) is 0. The highest BCUT2D eigenvalue weighted by Gasteiger charge is 2.17. The molecule has 0 amide bonds. The van der Waals surface area contributed by atoms with Gasteiger partial charge < -0.3 is 0 Å². The van der Waals surface area contributed by atoms with E-state index in [-0.39, 0.29) is 27.9 Å². The summed E-state index contributed by atoms with van der Waals surface area (Å²) in [6.07, 6.45) is 1.18. The molecule has 24 heavy (non-hydrogen) atoms. The monoisotopic (exact) mass is 328 g/mol. The number of nitrogens with zero attached hydrogens (tertiary/aromatic N) is 2. The first kappa shape index (κ1) is 15.7. The maximum Gasteiger partial charge on any atom is 0.166 e. The zero-order chi connectivity index (χ0) is 17.3. The van der Waals surface area contributed by atoms with Crippen LogP contribution in [0.1, 0.15) is 5.69 Å². The van der Waals surface area contributed by atoms with Crippen LogP contribution >= 0.6 is 0 Å². The Balaban J connectivity index is 2.26. The molecule has 0 unspecified atom stereocenters. The van der Waals surface area contributed by atoms with Gasteiger partial charge in [0.2, 0.25) is 0 Å². The maximum atomic E-state index is 14.0. The molecule has 0 aliphatic carbocycles. The third kappa shape index (κ3) is 2.61. The predicted octanol–water partition coefficient (Wildman–Crippen LogP) is 4.84. The van der Waals surface area contributed by atoms with Crippen LogP contribution in [0.25, 0.3) is 22.3 Å². The molecular formula is C18H8F4N2. The SMILES string of the molecule is N#Cc1ncc(-c2cccc(F)c2F)cc1-c1cccc(F)c1F. The Morgan fingerprint density at radius 3 is 2.00 bits per heavy atom. The topological polar surface area (TPSA) is 36.7 Å². The van der Waals surface area contributed by atoms with E-state index in [2.05, 4.69) is 4.98 Å². The molecule has 6 heteroatoms. The molecule has 0 atom stereocenters. The van der Waals surface area contributed by atoms with Crippen molar-refractivity contribution in [1.82, 2.24) is 4.98 Å². The highest BCUT2D eigenvalue weighted by atomic mass is 19.2. The van der Waals surface area contributed by atoms with Crippen LogP contribution in [0.2, 0.25) is 0 Å². The van der Waals surface area contributed by atoms with E-state index in [0.717, 1.165) is 12.1 Å². The molecule has 0 saturated heterocycles. The van der Waals surface area contributed by atoms with Crippen molar-refractivity contribution in [3.05, 3.63) is 77.6 Å². The van der Waals surface area contributed by atoms with Crippen molar-refractivity contribution in [2.45, 2.75) is 0 Å². The van der Waals surface area contributed by atoms with E-state index in [1.807, 2.05) is 0 Å². The Hall–Kier alpha value is -3.20. The molecule has 0 aliphatic rings. The van der Waals surface area contributed by atoms with Crippen LogP contribution in [0.5, 0.6) is 0 Å². The van der Waals surface area contributed by atoms with Gasteiger partial charge in [0, 0.05) is 28.5 Å². The lowest BCUT2D eigenvalue weighted by atomic mass is 9.98. The molecule has 0 N–H and O–H groups in total. The van der Waals surface area contributed by atoms with Crippen LogP contribution in [0, 0.1) is 34.6 Å². The van der Waals surface area contributed by atoms with Gasteiger partial charge in [0.15, 0.2) is 23.3 Å². The molecule has 0 saturated carbocycles. The van der Waals surface area contributed by atoms with Crippen LogP contribution in [0.15, 0.2) is 48.7 Å². The quantitative estimate of drug-likeness (QED) is 0.631. The molecule has 0 aliphatic heterocycles. The molecular weight excluding hydrogens is 320 g/mol. The van der Waals surface area contributed by atoms with Crippen molar-refractivity contribution in [2.75, 3.05) is 0 Å². The number of aromatic nitrogens is 1. The highest BCUT2D eigenvalue weighted by molar-refractivity contribution is 5.76. The second-order valence-electron chi connectivity index (χ2n) is 4.93. The molecule has 3 rings (SSSR count). The number of halogens is 4. The minimum atomic E-state index is -1.15. The van der Waals surface area contributed by atoms with Crippen molar-refractivity contribution < 1.29 is 17.6 Å². The molecule has 118 valence electrons. The summed E-state index contributed by atoms with van der Waals surface area (Å²) in [4.78, 5) is 3.85. The first-order valence-electron chi connectivity index (χ1n) is 6.82. The molecule has 1 heterocycles. The third-order valence-electron chi connectivity index (χ3n) is 3.50.